The molecule has 0 aliphatic carbocycles. The van der Waals surface area contributed by atoms with Gasteiger partial charge in [-0.05, 0) is 41.0 Å². The van der Waals surface area contributed by atoms with Crippen LogP contribution in [-0.2, 0) is 24.2 Å². The lowest BCUT2D eigenvalue weighted by atomic mass is 9.80. The van der Waals surface area contributed by atoms with Crippen molar-refractivity contribution in [3.63, 3.8) is 0 Å². The Morgan fingerprint density at radius 1 is 0.891 bits per heavy atom. The maximum Gasteiger partial charge on any atom is 0.470 e. The van der Waals surface area contributed by atoms with E-state index in [4.69, 9.17) is 29.2 Å². The number of hydrogen-bond acceptors (Lipinski definition) is 11. The van der Waals surface area contributed by atoms with Crippen LogP contribution < -0.4 is 15.2 Å². The van der Waals surface area contributed by atoms with Gasteiger partial charge in [0, 0.05) is 0 Å². The molecular weight excluding hydrogens is 617 g/mol. The number of aliphatic hydroxyl groups is 1. The molecule has 14 nitrogen and oxygen atoms in total. The lowest BCUT2D eigenvalue weighted by Gasteiger charge is -2.37. The van der Waals surface area contributed by atoms with E-state index >= 15 is 0 Å². The normalized spacial score (nSPS) is 20.2. The van der Waals surface area contributed by atoms with E-state index < -0.39 is 38.0 Å². The van der Waals surface area contributed by atoms with Crippen LogP contribution in [0.25, 0.3) is 11.2 Å². The zero-order chi connectivity index (χ0) is 32.5. The summed E-state index contributed by atoms with van der Waals surface area (Å²) in [6, 6.07) is 24.2. The van der Waals surface area contributed by atoms with Gasteiger partial charge in [0.1, 0.15) is 47.3 Å². The van der Waals surface area contributed by atoms with Gasteiger partial charge in [-0.1, -0.05) is 54.6 Å². The molecule has 3 heterocycles. The Balaban J connectivity index is 1.44. The number of rotatable bonds is 11. The highest BCUT2D eigenvalue weighted by Gasteiger charge is 2.50. The van der Waals surface area contributed by atoms with Gasteiger partial charge in [0.25, 0.3) is 0 Å². The monoisotopic (exact) mass is 649 g/mol. The van der Waals surface area contributed by atoms with Gasteiger partial charge in [0.2, 0.25) is 0 Å². The third-order valence-corrected chi connectivity index (χ3v) is 8.39. The number of fused-ring (bicyclic) bond motifs is 1. The second-order valence-electron chi connectivity index (χ2n) is 10.5. The zero-order valence-corrected chi connectivity index (χ0v) is 25.7. The number of anilines is 1. The van der Waals surface area contributed by atoms with Crippen LogP contribution in [0.15, 0.2) is 91.5 Å². The van der Waals surface area contributed by atoms with Crippen molar-refractivity contribution in [2.45, 2.75) is 30.1 Å². The molecule has 5 aromatic rings. The summed E-state index contributed by atoms with van der Waals surface area (Å²) < 4.78 is 42.5. The van der Waals surface area contributed by atoms with Crippen molar-refractivity contribution in [1.82, 2.24) is 19.5 Å². The summed E-state index contributed by atoms with van der Waals surface area (Å²) in [6.45, 7) is -0.283. The summed E-state index contributed by atoms with van der Waals surface area (Å²) in [4.78, 5) is 32.0. The van der Waals surface area contributed by atoms with Crippen molar-refractivity contribution >= 4 is 24.8 Å². The quantitative estimate of drug-likeness (QED) is 0.121. The SMILES string of the molecule is COc1ccc(C(OC[C@H]2O[C@@H](n3cnc4c(N)ncnc43)[C@H](O)[C@@H]2OP(=O)(O)O)(c2ccccc2)c2ccc(OC)cc2)cc1. The molecule has 15 heteroatoms. The Labute approximate surface area is 263 Å². The van der Waals surface area contributed by atoms with Crippen LogP contribution in [0, 0.1) is 0 Å². The minimum Gasteiger partial charge on any atom is -0.497 e. The molecule has 0 radical (unpaired) electrons. The molecule has 4 atom stereocenters. The number of aromatic nitrogens is 4. The van der Waals surface area contributed by atoms with Crippen molar-refractivity contribution < 1.29 is 42.9 Å². The molecule has 1 fully saturated rings. The predicted octanol–water partition coefficient (Wildman–Crippen LogP) is 3.17. The fourth-order valence-corrected chi connectivity index (χ4v) is 6.29. The summed E-state index contributed by atoms with van der Waals surface area (Å²) in [6.07, 6.45) is -2.88. The number of nitrogens with two attached hydrogens (primary N) is 1. The van der Waals surface area contributed by atoms with Crippen LogP contribution in [0.3, 0.4) is 0 Å². The molecule has 5 N–H and O–H groups in total. The minimum atomic E-state index is -5.10. The maximum atomic E-state index is 12.1. The number of imidazole rings is 1. The molecule has 240 valence electrons. The zero-order valence-electron chi connectivity index (χ0n) is 24.8. The summed E-state index contributed by atoms with van der Waals surface area (Å²) in [5, 5.41) is 11.4. The number of nitrogen functional groups attached to an aromatic ring is 1. The molecule has 1 aliphatic rings. The Morgan fingerprint density at radius 2 is 1.48 bits per heavy atom. The van der Waals surface area contributed by atoms with Crippen molar-refractivity contribution in [2.75, 3.05) is 26.6 Å². The second kappa shape index (κ2) is 12.8. The van der Waals surface area contributed by atoms with Crippen molar-refractivity contribution in [2.24, 2.45) is 0 Å². The molecule has 6 rings (SSSR count). The first kappa shape index (κ1) is 31.6. The van der Waals surface area contributed by atoms with Crippen LogP contribution in [0.1, 0.15) is 22.9 Å². The van der Waals surface area contributed by atoms with Gasteiger partial charge in [0.15, 0.2) is 17.7 Å². The number of phosphoric ester groups is 1. The molecule has 0 unspecified atom stereocenters. The highest BCUT2D eigenvalue weighted by molar-refractivity contribution is 7.46. The third kappa shape index (κ3) is 5.95. The first-order valence-electron chi connectivity index (χ1n) is 14.1. The second-order valence-corrected chi connectivity index (χ2v) is 11.7. The maximum absolute atomic E-state index is 12.1. The van der Waals surface area contributed by atoms with E-state index in [1.165, 1.54) is 17.2 Å². The van der Waals surface area contributed by atoms with Crippen LogP contribution in [0.5, 0.6) is 11.5 Å². The van der Waals surface area contributed by atoms with Crippen molar-refractivity contribution in [1.29, 1.82) is 0 Å². The van der Waals surface area contributed by atoms with Gasteiger partial charge in [-0.3, -0.25) is 9.09 Å². The van der Waals surface area contributed by atoms with E-state index in [0.29, 0.717) is 11.5 Å². The largest absolute Gasteiger partial charge is 0.497 e. The van der Waals surface area contributed by atoms with Crippen molar-refractivity contribution in [3.05, 3.63) is 108 Å². The fraction of sp³-hybridized carbons (Fsp3) is 0.258. The van der Waals surface area contributed by atoms with Gasteiger partial charge in [-0.2, -0.15) is 0 Å². The summed E-state index contributed by atoms with van der Waals surface area (Å²) in [5.41, 5.74) is 7.39. The number of hydrogen-bond donors (Lipinski definition) is 4. The number of benzene rings is 3. The standard InChI is InChI=1S/C31H32N5O9P/c1-41-22-12-8-20(9-13-22)31(19-6-4-3-5-7-19,21-10-14-23(42-2)15-11-21)43-16-24-27(45-46(38,39)40)26(37)30(44-24)36-18-35-25-28(32)33-17-34-29(25)36/h3-15,17-18,24,26-27,30,37H,16H2,1-2H3,(H2,32,33,34)(H2,38,39,40)/t24-,26-,27-,30-/m1/s1. The Hall–Kier alpha value is -4.40. The number of nitrogens with zero attached hydrogens (tertiary/aromatic N) is 4. The smallest absolute Gasteiger partial charge is 0.470 e. The van der Waals surface area contributed by atoms with E-state index in [1.54, 1.807) is 14.2 Å². The first-order valence-corrected chi connectivity index (χ1v) is 15.7. The van der Waals surface area contributed by atoms with Crippen LogP contribution in [-0.4, -0.2) is 73.6 Å². The van der Waals surface area contributed by atoms with Gasteiger partial charge in [0.05, 0.1) is 27.2 Å². The molecule has 46 heavy (non-hydrogen) atoms. The third-order valence-electron chi connectivity index (χ3n) is 7.87. The summed E-state index contributed by atoms with van der Waals surface area (Å²) in [5.74, 6) is 1.39. The highest BCUT2D eigenvalue weighted by atomic mass is 31.2. The van der Waals surface area contributed by atoms with Crippen LogP contribution >= 0.6 is 7.82 Å². The Kier molecular flexibility index (Phi) is 8.77. The number of methoxy groups -OCH3 is 2. The average molecular weight is 650 g/mol. The predicted molar refractivity (Wildman–Crippen MR) is 165 cm³/mol. The lowest BCUT2D eigenvalue weighted by Crippen LogP contribution is -2.40. The van der Waals surface area contributed by atoms with Gasteiger partial charge < -0.3 is 39.6 Å². The van der Waals surface area contributed by atoms with E-state index in [1.807, 2.05) is 78.9 Å². The number of phosphoric acid groups is 1. The van der Waals surface area contributed by atoms with E-state index in [2.05, 4.69) is 15.0 Å². The van der Waals surface area contributed by atoms with E-state index in [0.717, 1.165) is 16.7 Å². The first-order chi connectivity index (χ1) is 22.1. The van der Waals surface area contributed by atoms with Gasteiger partial charge in [-0.25, -0.2) is 19.5 Å². The highest BCUT2D eigenvalue weighted by Crippen LogP contribution is 2.46. The number of ether oxygens (including phenoxy) is 4. The fourth-order valence-electron chi connectivity index (χ4n) is 5.71. The Bertz CT molecular complexity index is 1790. The van der Waals surface area contributed by atoms with Gasteiger partial charge >= 0.3 is 7.82 Å². The Morgan fingerprint density at radius 3 is 2.04 bits per heavy atom. The van der Waals surface area contributed by atoms with Gasteiger partial charge in [-0.15, -0.1) is 0 Å². The topological polar surface area (TPSA) is 194 Å². The number of aliphatic hydroxyl groups excluding tert-OH is 1. The molecule has 1 aliphatic heterocycles. The molecular formula is C31H32N5O9P. The molecule has 0 spiro atoms. The minimum absolute atomic E-state index is 0.116. The molecule has 1 saturated heterocycles. The lowest BCUT2D eigenvalue weighted by molar-refractivity contribution is -0.0935. The molecule has 0 bridgehead atoms. The molecule has 0 saturated carbocycles. The summed E-state index contributed by atoms with van der Waals surface area (Å²) in [7, 11) is -1.95. The summed E-state index contributed by atoms with van der Waals surface area (Å²) >= 11 is 0. The van der Waals surface area contributed by atoms with Crippen LogP contribution in [0.4, 0.5) is 5.82 Å². The van der Waals surface area contributed by atoms with Crippen molar-refractivity contribution in [3.8, 4) is 11.5 Å². The molecule has 0 amide bonds. The average Bonchev–Trinajstić information content (AvgIpc) is 3.63. The van der Waals surface area contributed by atoms with E-state index in [9.17, 15) is 19.5 Å². The van der Waals surface area contributed by atoms with Crippen LogP contribution in [0.2, 0.25) is 0 Å². The van der Waals surface area contributed by atoms with E-state index in [-0.39, 0.29) is 23.6 Å². The molecule has 2 aromatic heterocycles. The molecule has 3 aromatic carbocycles.